The minimum absolute atomic E-state index is 0.161. The van der Waals surface area contributed by atoms with Crippen LogP contribution in [0.15, 0.2) is 36.7 Å². The first kappa shape index (κ1) is 13.5. The number of carbonyl (C=O) groups is 1. The van der Waals surface area contributed by atoms with E-state index in [-0.39, 0.29) is 5.97 Å². The van der Waals surface area contributed by atoms with Crippen molar-refractivity contribution in [1.82, 2.24) is 10.3 Å². The molecular weight excluding hydrogens is 240 g/mol. The molecule has 1 heterocycles. The Balaban J connectivity index is 1.90. The van der Waals surface area contributed by atoms with Gasteiger partial charge in [-0.2, -0.15) is 0 Å². The van der Waals surface area contributed by atoms with Crippen LogP contribution in [0.1, 0.15) is 18.9 Å². The molecule has 0 aliphatic carbocycles. The van der Waals surface area contributed by atoms with E-state index in [1.54, 1.807) is 0 Å². The highest BCUT2D eigenvalue weighted by Crippen LogP contribution is 2.16. The lowest BCUT2D eigenvalue weighted by atomic mass is 10.1. The number of hydrogen-bond acceptors (Lipinski definition) is 4. The van der Waals surface area contributed by atoms with Crippen LogP contribution in [0.2, 0.25) is 0 Å². The van der Waals surface area contributed by atoms with Crippen molar-refractivity contribution in [1.29, 1.82) is 0 Å². The lowest BCUT2D eigenvalue weighted by Crippen LogP contribution is -2.19. The molecule has 100 valence electrons. The van der Waals surface area contributed by atoms with Gasteiger partial charge < -0.3 is 10.1 Å². The van der Waals surface area contributed by atoms with Crippen molar-refractivity contribution in [3.05, 3.63) is 42.2 Å². The van der Waals surface area contributed by atoms with Crippen LogP contribution >= 0.6 is 0 Å². The quantitative estimate of drug-likeness (QED) is 0.638. The van der Waals surface area contributed by atoms with Crippen molar-refractivity contribution >= 4 is 16.7 Å². The molecular formula is C15H18N2O2. The Morgan fingerprint density at radius 2 is 2.16 bits per heavy atom. The third-order valence-corrected chi connectivity index (χ3v) is 2.88. The van der Waals surface area contributed by atoms with Crippen LogP contribution in [-0.4, -0.2) is 24.1 Å². The molecule has 0 bridgehead atoms. The standard InChI is InChI=1S/C15H18N2O2/c1-2-19-15(18)7-8-16-10-13-11-17-9-12-5-3-4-6-14(12)13/h3-6,9,11,16H,2,7-8,10H2,1H3. The number of nitrogens with zero attached hydrogens (tertiary/aromatic N) is 1. The summed E-state index contributed by atoms with van der Waals surface area (Å²) in [4.78, 5) is 15.4. The summed E-state index contributed by atoms with van der Waals surface area (Å²) in [5.74, 6) is -0.161. The van der Waals surface area contributed by atoms with E-state index in [1.807, 2.05) is 37.5 Å². The predicted molar refractivity (Wildman–Crippen MR) is 74.7 cm³/mol. The molecule has 0 fully saturated rings. The third-order valence-electron chi connectivity index (χ3n) is 2.88. The number of rotatable bonds is 6. The molecule has 0 spiro atoms. The number of esters is 1. The van der Waals surface area contributed by atoms with Gasteiger partial charge in [0.15, 0.2) is 0 Å². The van der Waals surface area contributed by atoms with E-state index in [0.29, 0.717) is 26.1 Å². The van der Waals surface area contributed by atoms with Crippen molar-refractivity contribution in [3.63, 3.8) is 0 Å². The fourth-order valence-electron chi connectivity index (χ4n) is 1.97. The Hall–Kier alpha value is -1.94. The first-order chi connectivity index (χ1) is 9.31. The Bertz CT molecular complexity index is 549. The SMILES string of the molecule is CCOC(=O)CCNCc1cncc2ccccc12. The highest BCUT2D eigenvalue weighted by molar-refractivity contribution is 5.84. The number of nitrogens with one attached hydrogen (secondary N) is 1. The minimum Gasteiger partial charge on any atom is -0.466 e. The number of pyridine rings is 1. The molecule has 0 atom stereocenters. The summed E-state index contributed by atoms with van der Waals surface area (Å²) in [5.41, 5.74) is 1.14. The normalized spacial score (nSPS) is 10.6. The summed E-state index contributed by atoms with van der Waals surface area (Å²) in [6.45, 7) is 3.56. The number of ether oxygens (including phenoxy) is 1. The Morgan fingerprint density at radius 1 is 1.32 bits per heavy atom. The van der Waals surface area contributed by atoms with E-state index >= 15 is 0 Å². The summed E-state index contributed by atoms with van der Waals surface area (Å²) in [5, 5.41) is 5.57. The second-order valence-corrected chi connectivity index (χ2v) is 4.25. The maximum atomic E-state index is 11.2. The van der Waals surface area contributed by atoms with Crippen LogP contribution in [-0.2, 0) is 16.1 Å². The van der Waals surface area contributed by atoms with Crippen molar-refractivity contribution in [2.24, 2.45) is 0 Å². The van der Waals surface area contributed by atoms with Crippen LogP contribution in [0.25, 0.3) is 10.8 Å². The van der Waals surface area contributed by atoms with Gasteiger partial charge in [-0.1, -0.05) is 24.3 Å². The van der Waals surface area contributed by atoms with Gasteiger partial charge in [0.05, 0.1) is 13.0 Å². The van der Waals surface area contributed by atoms with Gasteiger partial charge in [0, 0.05) is 30.9 Å². The molecule has 0 aliphatic heterocycles. The zero-order valence-electron chi connectivity index (χ0n) is 11.1. The molecule has 0 amide bonds. The second-order valence-electron chi connectivity index (χ2n) is 4.25. The number of aromatic nitrogens is 1. The molecule has 2 aromatic rings. The van der Waals surface area contributed by atoms with Gasteiger partial charge in [-0.25, -0.2) is 0 Å². The first-order valence-electron chi connectivity index (χ1n) is 6.49. The number of hydrogen-bond donors (Lipinski definition) is 1. The Morgan fingerprint density at radius 3 is 3.00 bits per heavy atom. The number of carbonyl (C=O) groups excluding carboxylic acids is 1. The average Bonchev–Trinajstić information content (AvgIpc) is 2.44. The molecule has 0 saturated heterocycles. The molecule has 0 saturated carbocycles. The molecule has 2 rings (SSSR count). The van der Waals surface area contributed by atoms with E-state index in [4.69, 9.17) is 4.74 Å². The molecule has 1 aromatic carbocycles. The summed E-state index contributed by atoms with van der Waals surface area (Å²) in [6.07, 6.45) is 4.11. The fraction of sp³-hybridized carbons (Fsp3) is 0.333. The molecule has 1 N–H and O–H groups in total. The molecule has 0 radical (unpaired) electrons. The average molecular weight is 258 g/mol. The van der Waals surface area contributed by atoms with Gasteiger partial charge in [0.2, 0.25) is 0 Å². The van der Waals surface area contributed by atoms with Gasteiger partial charge >= 0.3 is 5.97 Å². The maximum Gasteiger partial charge on any atom is 0.307 e. The number of benzene rings is 1. The van der Waals surface area contributed by atoms with E-state index in [0.717, 1.165) is 10.9 Å². The first-order valence-corrected chi connectivity index (χ1v) is 6.49. The zero-order chi connectivity index (χ0) is 13.5. The van der Waals surface area contributed by atoms with E-state index < -0.39 is 0 Å². The van der Waals surface area contributed by atoms with Gasteiger partial charge in [0.25, 0.3) is 0 Å². The second kappa shape index (κ2) is 6.85. The summed E-state index contributed by atoms with van der Waals surface area (Å²) in [7, 11) is 0. The molecule has 0 aliphatic rings. The highest BCUT2D eigenvalue weighted by Gasteiger charge is 2.03. The van der Waals surface area contributed by atoms with Gasteiger partial charge in [-0.15, -0.1) is 0 Å². The van der Waals surface area contributed by atoms with Crippen LogP contribution in [0.3, 0.4) is 0 Å². The smallest absolute Gasteiger partial charge is 0.307 e. The molecule has 4 heteroatoms. The lowest BCUT2D eigenvalue weighted by Gasteiger charge is -2.07. The minimum atomic E-state index is -0.161. The van der Waals surface area contributed by atoms with Crippen LogP contribution in [0, 0.1) is 0 Å². The highest BCUT2D eigenvalue weighted by atomic mass is 16.5. The van der Waals surface area contributed by atoms with E-state index in [1.165, 1.54) is 5.39 Å². The van der Waals surface area contributed by atoms with Crippen molar-refractivity contribution in [2.45, 2.75) is 19.9 Å². The molecule has 0 unspecified atom stereocenters. The van der Waals surface area contributed by atoms with Crippen LogP contribution in [0.5, 0.6) is 0 Å². The van der Waals surface area contributed by atoms with Crippen LogP contribution in [0.4, 0.5) is 0 Å². The summed E-state index contributed by atoms with van der Waals surface area (Å²) < 4.78 is 4.87. The largest absolute Gasteiger partial charge is 0.466 e. The fourth-order valence-corrected chi connectivity index (χ4v) is 1.97. The van der Waals surface area contributed by atoms with E-state index in [2.05, 4.69) is 16.4 Å². The summed E-state index contributed by atoms with van der Waals surface area (Å²) in [6, 6.07) is 8.15. The monoisotopic (exact) mass is 258 g/mol. The van der Waals surface area contributed by atoms with Gasteiger partial charge in [-0.3, -0.25) is 9.78 Å². The maximum absolute atomic E-state index is 11.2. The van der Waals surface area contributed by atoms with Gasteiger partial charge in [0.1, 0.15) is 0 Å². The third kappa shape index (κ3) is 3.76. The molecule has 4 nitrogen and oxygen atoms in total. The molecule has 19 heavy (non-hydrogen) atoms. The Labute approximate surface area is 112 Å². The Kier molecular flexibility index (Phi) is 4.86. The van der Waals surface area contributed by atoms with Crippen molar-refractivity contribution < 1.29 is 9.53 Å². The van der Waals surface area contributed by atoms with E-state index in [9.17, 15) is 4.79 Å². The van der Waals surface area contributed by atoms with Crippen LogP contribution < -0.4 is 5.32 Å². The summed E-state index contributed by atoms with van der Waals surface area (Å²) >= 11 is 0. The molecule has 1 aromatic heterocycles. The predicted octanol–water partition coefficient (Wildman–Crippen LogP) is 2.28. The number of fused-ring (bicyclic) bond motifs is 1. The van der Waals surface area contributed by atoms with Gasteiger partial charge in [-0.05, 0) is 17.9 Å². The van der Waals surface area contributed by atoms with Crippen molar-refractivity contribution in [2.75, 3.05) is 13.2 Å². The zero-order valence-corrected chi connectivity index (χ0v) is 11.1. The van der Waals surface area contributed by atoms with Crippen molar-refractivity contribution in [3.8, 4) is 0 Å². The lowest BCUT2D eigenvalue weighted by molar-refractivity contribution is -0.142. The topological polar surface area (TPSA) is 51.2 Å².